The molecule has 0 aromatic carbocycles. The minimum Gasteiger partial charge on any atom is -0.361 e. The van der Waals surface area contributed by atoms with E-state index < -0.39 is 0 Å². The number of piperidine rings is 1. The number of aliphatic imine (C=N–C) groups is 1. The Morgan fingerprint density at radius 1 is 1.22 bits per heavy atom. The Hall–Kier alpha value is -2.09. The molecule has 8 heteroatoms. The summed E-state index contributed by atoms with van der Waals surface area (Å²) in [6.45, 7) is 11.0. The SMILES string of the molecule is CN=C(NCC1CCN(C(C)=O)CC1)N1CCN(Cc2cc(C)on2)CC1. The summed E-state index contributed by atoms with van der Waals surface area (Å²) in [6, 6.07) is 2.00. The molecule has 3 rings (SSSR count). The number of hydrogen-bond donors (Lipinski definition) is 1. The normalized spacial score (nSPS) is 20.2. The number of guanidine groups is 1. The summed E-state index contributed by atoms with van der Waals surface area (Å²) in [7, 11) is 1.85. The molecule has 0 spiro atoms. The van der Waals surface area contributed by atoms with E-state index in [-0.39, 0.29) is 5.91 Å². The van der Waals surface area contributed by atoms with E-state index in [1.807, 2.05) is 24.9 Å². The van der Waals surface area contributed by atoms with E-state index in [9.17, 15) is 4.79 Å². The van der Waals surface area contributed by atoms with E-state index >= 15 is 0 Å². The van der Waals surface area contributed by atoms with Crippen LogP contribution in [0.5, 0.6) is 0 Å². The molecule has 0 aliphatic carbocycles. The molecule has 8 nitrogen and oxygen atoms in total. The van der Waals surface area contributed by atoms with Crippen LogP contribution in [0.4, 0.5) is 0 Å². The lowest BCUT2D eigenvalue weighted by Gasteiger charge is -2.37. The molecular weight excluding hydrogens is 344 g/mol. The zero-order valence-electron chi connectivity index (χ0n) is 16.8. The van der Waals surface area contributed by atoms with E-state index in [2.05, 4.69) is 25.3 Å². The van der Waals surface area contributed by atoms with Crippen molar-refractivity contribution in [2.24, 2.45) is 10.9 Å². The van der Waals surface area contributed by atoms with Gasteiger partial charge in [-0.05, 0) is 25.7 Å². The van der Waals surface area contributed by atoms with Gasteiger partial charge in [0.05, 0.1) is 5.69 Å². The Morgan fingerprint density at radius 2 is 1.93 bits per heavy atom. The van der Waals surface area contributed by atoms with E-state index in [0.29, 0.717) is 5.92 Å². The van der Waals surface area contributed by atoms with E-state index in [1.165, 1.54) is 0 Å². The molecule has 27 heavy (non-hydrogen) atoms. The van der Waals surface area contributed by atoms with Gasteiger partial charge in [-0.25, -0.2) is 0 Å². The van der Waals surface area contributed by atoms with Gasteiger partial charge >= 0.3 is 0 Å². The summed E-state index contributed by atoms with van der Waals surface area (Å²) in [4.78, 5) is 22.6. The molecule has 3 heterocycles. The van der Waals surface area contributed by atoms with Gasteiger partial charge in [0.2, 0.25) is 5.91 Å². The number of aromatic nitrogens is 1. The Bertz CT molecular complexity index is 642. The summed E-state index contributed by atoms with van der Waals surface area (Å²) in [5.74, 6) is 2.65. The van der Waals surface area contributed by atoms with Crippen LogP contribution in [0, 0.1) is 12.8 Å². The lowest BCUT2D eigenvalue weighted by molar-refractivity contribution is -0.130. The van der Waals surface area contributed by atoms with Crippen molar-refractivity contribution in [3.05, 3.63) is 17.5 Å². The first-order chi connectivity index (χ1) is 13.0. The third-order valence-corrected chi connectivity index (χ3v) is 5.55. The quantitative estimate of drug-likeness (QED) is 0.622. The predicted molar refractivity (Wildman–Crippen MR) is 104 cm³/mol. The van der Waals surface area contributed by atoms with Crippen molar-refractivity contribution in [2.45, 2.75) is 33.2 Å². The molecule has 0 radical (unpaired) electrons. The minimum atomic E-state index is 0.191. The van der Waals surface area contributed by atoms with E-state index in [4.69, 9.17) is 4.52 Å². The first-order valence-electron chi connectivity index (χ1n) is 9.91. The zero-order valence-corrected chi connectivity index (χ0v) is 16.8. The maximum Gasteiger partial charge on any atom is 0.219 e. The zero-order chi connectivity index (χ0) is 19.2. The third-order valence-electron chi connectivity index (χ3n) is 5.55. The van der Waals surface area contributed by atoms with E-state index in [1.54, 1.807) is 6.92 Å². The van der Waals surface area contributed by atoms with Crippen molar-refractivity contribution >= 4 is 11.9 Å². The second-order valence-electron chi connectivity index (χ2n) is 7.57. The molecule has 1 N–H and O–H groups in total. The average molecular weight is 377 g/mol. The second-order valence-corrected chi connectivity index (χ2v) is 7.57. The van der Waals surface area contributed by atoms with Crippen LogP contribution in [0.15, 0.2) is 15.6 Å². The molecule has 1 aromatic heterocycles. The molecule has 2 saturated heterocycles. The molecule has 2 aliphatic heterocycles. The van der Waals surface area contributed by atoms with Crippen LogP contribution >= 0.6 is 0 Å². The standard InChI is InChI=1S/C19H32N6O2/c1-15-12-18(22-27-15)14-23-8-10-25(11-9-23)19(20-3)21-13-17-4-6-24(7-5-17)16(2)26/h12,17H,4-11,13-14H2,1-3H3,(H,20,21). The summed E-state index contributed by atoms with van der Waals surface area (Å²) in [5.41, 5.74) is 1.00. The number of amides is 1. The van der Waals surface area contributed by atoms with Crippen LogP contribution in [-0.4, -0.2) is 84.6 Å². The highest BCUT2D eigenvalue weighted by atomic mass is 16.5. The van der Waals surface area contributed by atoms with Gasteiger partial charge in [-0.15, -0.1) is 0 Å². The fraction of sp³-hybridized carbons (Fsp3) is 0.737. The smallest absolute Gasteiger partial charge is 0.219 e. The summed E-state index contributed by atoms with van der Waals surface area (Å²) in [6.07, 6.45) is 2.13. The fourth-order valence-corrected chi connectivity index (χ4v) is 3.86. The van der Waals surface area contributed by atoms with Crippen molar-refractivity contribution in [2.75, 3.05) is 52.9 Å². The van der Waals surface area contributed by atoms with Gasteiger partial charge in [-0.1, -0.05) is 5.16 Å². The molecule has 150 valence electrons. The number of carbonyl (C=O) groups is 1. The lowest BCUT2D eigenvalue weighted by atomic mass is 9.97. The van der Waals surface area contributed by atoms with Gasteiger partial charge in [-0.2, -0.15) is 0 Å². The Morgan fingerprint density at radius 3 is 2.48 bits per heavy atom. The van der Waals surface area contributed by atoms with Crippen LogP contribution in [0.2, 0.25) is 0 Å². The van der Waals surface area contributed by atoms with Crippen LogP contribution < -0.4 is 5.32 Å². The highest BCUT2D eigenvalue weighted by Crippen LogP contribution is 2.16. The molecule has 2 fully saturated rings. The summed E-state index contributed by atoms with van der Waals surface area (Å²) < 4.78 is 5.15. The molecule has 0 saturated carbocycles. The van der Waals surface area contributed by atoms with Crippen LogP contribution in [-0.2, 0) is 11.3 Å². The number of piperazine rings is 1. The van der Waals surface area contributed by atoms with Crippen molar-refractivity contribution in [1.82, 2.24) is 25.2 Å². The van der Waals surface area contributed by atoms with Gasteiger partial charge in [0.1, 0.15) is 5.76 Å². The summed E-state index contributed by atoms with van der Waals surface area (Å²) >= 11 is 0. The van der Waals surface area contributed by atoms with Gasteiger partial charge in [0, 0.05) is 72.4 Å². The minimum absolute atomic E-state index is 0.191. The molecular formula is C19H32N6O2. The number of nitrogens with one attached hydrogen (secondary N) is 1. The molecule has 0 unspecified atom stereocenters. The molecule has 1 amide bonds. The number of aryl methyl sites for hydroxylation is 1. The lowest BCUT2D eigenvalue weighted by Crippen LogP contribution is -2.53. The number of hydrogen-bond acceptors (Lipinski definition) is 5. The maximum atomic E-state index is 11.4. The number of nitrogens with zero attached hydrogens (tertiary/aromatic N) is 5. The Labute approximate surface area is 161 Å². The highest BCUT2D eigenvalue weighted by molar-refractivity contribution is 5.80. The summed E-state index contributed by atoms with van der Waals surface area (Å²) in [5, 5.41) is 7.63. The average Bonchev–Trinajstić information content (AvgIpc) is 3.08. The van der Waals surface area contributed by atoms with Gasteiger partial charge in [-0.3, -0.25) is 14.7 Å². The topological polar surface area (TPSA) is 77.2 Å². The first-order valence-corrected chi connectivity index (χ1v) is 9.91. The van der Waals surface area contributed by atoms with Crippen molar-refractivity contribution in [3.8, 4) is 0 Å². The van der Waals surface area contributed by atoms with Crippen LogP contribution in [0.3, 0.4) is 0 Å². The van der Waals surface area contributed by atoms with Crippen LogP contribution in [0.1, 0.15) is 31.2 Å². The highest BCUT2D eigenvalue weighted by Gasteiger charge is 2.23. The number of carbonyl (C=O) groups excluding carboxylic acids is 1. The third kappa shape index (κ3) is 5.45. The second kappa shape index (κ2) is 9.21. The molecule has 0 bridgehead atoms. The Kier molecular flexibility index (Phi) is 6.71. The van der Waals surface area contributed by atoms with Gasteiger partial charge < -0.3 is 19.6 Å². The molecule has 2 aliphatic rings. The van der Waals surface area contributed by atoms with Gasteiger partial charge in [0.15, 0.2) is 5.96 Å². The molecule has 1 aromatic rings. The van der Waals surface area contributed by atoms with E-state index in [0.717, 1.165) is 82.6 Å². The van der Waals surface area contributed by atoms with Gasteiger partial charge in [0.25, 0.3) is 0 Å². The first kappa shape index (κ1) is 19.7. The number of rotatable bonds is 4. The fourth-order valence-electron chi connectivity index (χ4n) is 3.86. The monoisotopic (exact) mass is 376 g/mol. The number of likely N-dealkylation sites (tertiary alicyclic amines) is 1. The van der Waals surface area contributed by atoms with Crippen molar-refractivity contribution in [3.63, 3.8) is 0 Å². The molecule has 0 atom stereocenters. The Balaban J connectivity index is 1.39. The van der Waals surface area contributed by atoms with Crippen molar-refractivity contribution < 1.29 is 9.32 Å². The predicted octanol–water partition coefficient (Wildman–Crippen LogP) is 0.935. The van der Waals surface area contributed by atoms with Crippen molar-refractivity contribution in [1.29, 1.82) is 0 Å². The maximum absolute atomic E-state index is 11.4. The largest absolute Gasteiger partial charge is 0.361 e. The van der Waals surface area contributed by atoms with Crippen LogP contribution in [0.25, 0.3) is 0 Å².